The van der Waals surface area contributed by atoms with E-state index in [4.69, 9.17) is 33.8 Å². The second kappa shape index (κ2) is 17.8. The number of aromatic nitrogens is 5. The molecule has 360 valence electrons. The fourth-order valence-corrected chi connectivity index (χ4v) is 12.6. The molecule has 2 unspecified atom stereocenters. The fraction of sp³-hybridized carbons (Fsp3) is 0.647. The molecule has 4 saturated carbocycles. The molecule has 1 aromatic carbocycles. The molecule has 14 nitrogen and oxygen atoms in total. The minimum absolute atomic E-state index is 0.0472. The number of hydrogen-bond acceptors (Lipinski definition) is 11. The predicted molar refractivity (Wildman–Crippen MR) is 258 cm³/mol. The van der Waals surface area contributed by atoms with Gasteiger partial charge < -0.3 is 28.6 Å². The van der Waals surface area contributed by atoms with E-state index >= 15 is 0 Å². The largest absolute Gasteiger partial charge is 0.461 e. The molecular formula is C51H74N6O8Si. The lowest BCUT2D eigenvalue weighted by atomic mass is 9.39. The van der Waals surface area contributed by atoms with Crippen molar-refractivity contribution in [1.29, 1.82) is 0 Å². The maximum atomic E-state index is 14.2. The first-order chi connectivity index (χ1) is 30.6. The molecule has 3 heterocycles. The molecule has 4 aromatic rings. The van der Waals surface area contributed by atoms with Crippen molar-refractivity contribution in [3.8, 4) is 22.4 Å². The first-order valence-electron chi connectivity index (χ1n) is 23.7. The second-order valence-corrected chi connectivity index (χ2v) is 29.3. The summed E-state index contributed by atoms with van der Waals surface area (Å²) >= 11 is 0. The third-order valence-corrected chi connectivity index (χ3v) is 15.0. The highest BCUT2D eigenvalue weighted by molar-refractivity contribution is 6.76. The van der Waals surface area contributed by atoms with Gasteiger partial charge in [0.15, 0.2) is 11.4 Å². The first-order valence-corrected chi connectivity index (χ1v) is 27.4. The highest BCUT2D eigenvalue weighted by Crippen LogP contribution is 2.72. The Hall–Kier alpha value is -4.60. The van der Waals surface area contributed by atoms with Crippen LogP contribution in [0.3, 0.4) is 0 Å². The van der Waals surface area contributed by atoms with Crippen LogP contribution in [0.2, 0.25) is 25.7 Å². The van der Waals surface area contributed by atoms with Crippen molar-refractivity contribution in [1.82, 2.24) is 29.4 Å². The van der Waals surface area contributed by atoms with Crippen molar-refractivity contribution >= 4 is 37.0 Å². The summed E-state index contributed by atoms with van der Waals surface area (Å²) in [7, 11) is 0.469. The van der Waals surface area contributed by atoms with Crippen LogP contribution in [0.15, 0.2) is 36.5 Å². The average molecular weight is 927 g/mol. The number of ether oxygens (including phenoxy) is 5. The molecule has 4 fully saturated rings. The molecule has 4 aliphatic carbocycles. The number of benzene rings is 1. The number of likely N-dealkylation sites (N-methyl/N-ethyl adjacent to an activating group) is 1. The van der Waals surface area contributed by atoms with Gasteiger partial charge in [0.05, 0.1) is 36.2 Å². The van der Waals surface area contributed by atoms with Gasteiger partial charge in [-0.3, -0.25) is 4.68 Å². The molecule has 15 heteroatoms. The molecule has 1 amide bonds. The van der Waals surface area contributed by atoms with Crippen molar-refractivity contribution in [2.45, 2.75) is 164 Å². The van der Waals surface area contributed by atoms with E-state index in [1.54, 1.807) is 23.6 Å². The molecule has 3 aromatic heterocycles. The summed E-state index contributed by atoms with van der Waals surface area (Å²) in [5, 5.41) is 10.3. The summed E-state index contributed by atoms with van der Waals surface area (Å²) in [5.41, 5.74) is 3.30. The Kier molecular flexibility index (Phi) is 13.3. The SMILES string of the molecule is CCOC(=O)c1nn(COCC[Si](C)(C)C)c2ccc(-c3ccc(-c4cnn(CC56CC7(C)CC(C)(C5)CC(OCCN(C)C(=O)OC(C)(C)C)(C7)C6)c4C)c(C(=O)OC(C)(C)C)n3)cc12. The van der Waals surface area contributed by atoms with Gasteiger partial charge in [0.25, 0.3) is 0 Å². The van der Waals surface area contributed by atoms with Crippen LogP contribution in [0.1, 0.15) is 128 Å². The number of fused-ring (bicyclic) bond motifs is 1. The summed E-state index contributed by atoms with van der Waals surface area (Å²) in [6.45, 7) is 29.4. The summed E-state index contributed by atoms with van der Waals surface area (Å²) in [6.07, 6.45) is 7.75. The Bertz CT molecular complexity index is 2450. The van der Waals surface area contributed by atoms with Crippen molar-refractivity contribution in [2.24, 2.45) is 16.2 Å². The zero-order valence-corrected chi connectivity index (χ0v) is 43.1. The molecule has 0 radical (unpaired) electrons. The minimum atomic E-state index is -1.30. The Morgan fingerprint density at radius 1 is 0.818 bits per heavy atom. The van der Waals surface area contributed by atoms with E-state index in [2.05, 4.69) is 50.2 Å². The molecule has 0 saturated heterocycles. The lowest BCUT2D eigenvalue weighted by Gasteiger charge is -2.69. The van der Waals surface area contributed by atoms with Crippen LogP contribution >= 0.6 is 0 Å². The van der Waals surface area contributed by atoms with E-state index in [9.17, 15) is 14.4 Å². The molecule has 0 spiro atoms. The van der Waals surface area contributed by atoms with Crippen LogP contribution in [0.4, 0.5) is 4.79 Å². The van der Waals surface area contributed by atoms with Gasteiger partial charge in [0, 0.05) is 62.6 Å². The van der Waals surface area contributed by atoms with Crippen LogP contribution < -0.4 is 0 Å². The summed E-state index contributed by atoms with van der Waals surface area (Å²) in [6, 6.07) is 10.5. The van der Waals surface area contributed by atoms with Crippen LogP contribution in [0.5, 0.6) is 0 Å². The van der Waals surface area contributed by atoms with Gasteiger partial charge in [0.1, 0.15) is 17.9 Å². The number of amides is 1. The van der Waals surface area contributed by atoms with Crippen LogP contribution in [0.25, 0.3) is 33.3 Å². The number of hydrogen-bond donors (Lipinski definition) is 0. The van der Waals surface area contributed by atoms with Crippen molar-refractivity contribution in [3.63, 3.8) is 0 Å². The van der Waals surface area contributed by atoms with Crippen molar-refractivity contribution in [3.05, 3.63) is 53.6 Å². The lowest BCUT2D eigenvalue weighted by molar-refractivity contribution is -0.248. The molecule has 8 rings (SSSR count). The molecule has 2 atom stereocenters. The average Bonchev–Trinajstić information content (AvgIpc) is 3.71. The Morgan fingerprint density at radius 2 is 1.50 bits per heavy atom. The predicted octanol–water partition coefficient (Wildman–Crippen LogP) is 10.7. The number of nitrogens with zero attached hydrogens (tertiary/aromatic N) is 6. The van der Waals surface area contributed by atoms with E-state index in [0.717, 1.165) is 67.9 Å². The van der Waals surface area contributed by atoms with Gasteiger partial charge in [-0.15, -0.1) is 0 Å². The Labute approximate surface area is 392 Å². The molecular weight excluding hydrogens is 853 g/mol. The van der Waals surface area contributed by atoms with E-state index in [1.165, 1.54) is 0 Å². The van der Waals surface area contributed by atoms with Gasteiger partial charge >= 0.3 is 18.0 Å². The van der Waals surface area contributed by atoms with E-state index in [0.29, 0.717) is 42.0 Å². The smallest absolute Gasteiger partial charge is 0.410 e. The van der Waals surface area contributed by atoms with E-state index < -0.39 is 31.2 Å². The van der Waals surface area contributed by atoms with Crippen molar-refractivity contribution in [2.75, 3.05) is 33.4 Å². The highest BCUT2D eigenvalue weighted by Gasteiger charge is 2.66. The summed E-state index contributed by atoms with van der Waals surface area (Å²) in [5.74, 6) is -1.06. The van der Waals surface area contributed by atoms with Gasteiger partial charge in [-0.1, -0.05) is 39.6 Å². The first kappa shape index (κ1) is 49.3. The zero-order chi connectivity index (χ0) is 48.3. The number of pyridine rings is 1. The lowest BCUT2D eigenvalue weighted by Crippen LogP contribution is -2.64. The number of carbonyl (C=O) groups is 3. The van der Waals surface area contributed by atoms with Gasteiger partial charge in [-0.05, 0) is 140 Å². The number of carbonyl (C=O) groups excluding carboxylic acids is 3. The maximum Gasteiger partial charge on any atom is 0.410 e. The zero-order valence-electron chi connectivity index (χ0n) is 42.1. The topological polar surface area (TPSA) is 149 Å². The van der Waals surface area contributed by atoms with Crippen LogP contribution in [0, 0.1) is 23.2 Å². The fourth-order valence-electron chi connectivity index (χ4n) is 11.8. The third kappa shape index (κ3) is 11.0. The monoisotopic (exact) mass is 927 g/mol. The molecule has 4 bridgehead atoms. The van der Waals surface area contributed by atoms with Gasteiger partial charge in [0.2, 0.25) is 0 Å². The molecule has 0 aliphatic heterocycles. The normalized spacial score (nSPS) is 23.9. The van der Waals surface area contributed by atoms with E-state index in [-0.39, 0.29) is 52.7 Å². The summed E-state index contributed by atoms with van der Waals surface area (Å²) < 4.78 is 33.8. The number of esters is 2. The number of rotatable bonds is 16. The maximum absolute atomic E-state index is 14.2. The van der Waals surface area contributed by atoms with Gasteiger partial charge in [-0.2, -0.15) is 10.2 Å². The molecule has 4 aliphatic rings. The Balaban J connectivity index is 1.18. The van der Waals surface area contributed by atoms with Crippen LogP contribution in [-0.2, 0) is 37.0 Å². The standard InChI is InChI=1S/C51H74N6O8Si/c1-15-62-43(58)42-37-24-35(16-19-40(37)57(54-42)33-61-22-23-66(12,13)14)39-18-17-36(41(53-39)44(59)64-46(3,4)5)38-25-52-56(34(38)2)32-50-27-48(9)26-49(10,28-50)30-51(29-48,31-50)63-21-20-55(11)45(60)65-47(6,7)8/h16-19,24-25H,15,20-23,26-33H2,1-14H3. The second-order valence-electron chi connectivity index (χ2n) is 23.7. The quantitative estimate of drug-likeness (QED) is 0.0457. The minimum Gasteiger partial charge on any atom is -0.461 e. The van der Waals surface area contributed by atoms with E-state index in [1.807, 2.05) is 78.1 Å². The highest BCUT2D eigenvalue weighted by atomic mass is 28.3. The van der Waals surface area contributed by atoms with Crippen molar-refractivity contribution < 1.29 is 38.1 Å². The Morgan fingerprint density at radius 3 is 2.14 bits per heavy atom. The van der Waals surface area contributed by atoms with Crippen LogP contribution in [-0.4, -0.2) is 106 Å². The van der Waals surface area contributed by atoms with Gasteiger partial charge in [-0.25, -0.2) is 24.0 Å². The molecule has 0 N–H and O–H groups in total. The molecule has 66 heavy (non-hydrogen) atoms. The third-order valence-electron chi connectivity index (χ3n) is 13.3. The summed E-state index contributed by atoms with van der Waals surface area (Å²) in [4.78, 5) is 46.8.